The molecule has 1 amide bonds. The molecule has 0 fully saturated rings. The van der Waals surface area contributed by atoms with Crippen molar-refractivity contribution >= 4 is 17.5 Å². The van der Waals surface area contributed by atoms with Crippen molar-refractivity contribution in [3.63, 3.8) is 0 Å². The fraction of sp³-hybridized carbons (Fsp3) is 0.417. The Morgan fingerprint density at radius 3 is 3.12 bits per heavy atom. The van der Waals surface area contributed by atoms with Crippen molar-refractivity contribution in [1.82, 2.24) is 10.2 Å². The molecule has 1 aliphatic heterocycles. The lowest BCUT2D eigenvalue weighted by Crippen LogP contribution is -2.40. The van der Waals surface area contributed by atoms with Gasteiger partial charge in [-0.25, -0.2) is 0 Å². The Hall–Kier alpha value is -1.06. The number of likely N-dealkylation sites (N-methyl/N-ethyl adjacent to an activating group) is 1. The SMILES string of the molecule is CNCC(=O)N1CCc2c(Cl)cccc2C1. The lowest BCUT2D eigenvalue weighted by molar-refractivity contribution is -0.131. The van der Waals surface area contributed by atoms with E-state index in [-0.39, 0.29) is 5.91 Å². The molecule has 16 heavy (non-hydrogen) atoms. The van der Waals surface area contributed by atoms with Crippen LogP contribution in [0.1, 0.15) is 11.1 Å². The standard InChI is InChI=1S/C12H15ClN2O/c1-14-7-12(16)15-6-5-10-9(8-15)3-2-4-11(10)13/h2-4,14H,5-8H2,1H3. The molecule has 1 aromatic carbocycles. The number of carbonyl (C=O) groups excluding carboxylic acids is 1. The van der Waals surface area contributed by atoms with Crippen LogP contribution in [0.5, 0.6) is 0 Å². The molecule has 0 saturated carbocycles. The van der Waals surface area contributed by atoms with Gasteiger partial charge in [-0.2, -0.15) is 0 Å². The number of halogens is 1. The number of hydrogen-bond donors (Lipinski definition) is 1. The van der Waals surface area contributed by atoms with E-state index < -0.39 is 0 Å². The van der Waals surface area contributed by atoms with Crippen molar-refractivity contribution in [3.05, 3.63) is 34.3 Å². The number of amides is 1. The van der Waals surface area contributed by atoms with E-state index in [1.807, 2.05) is 23.1 Å². The van der Waals surface area contributed by atoms with Crippen LogP contribution < -0.4 is 5.32 Å². The largest absolute Gasteiger partial charge is 0.337 e. The molecule has 0 atom stereocenters. The summed E-state index contributed by atoms with van der Waals surface area (Å²) in [5, 5.41) is 3.70. The molecule has 3 nitrogen and oxygen atoms in total. The van der Waals surface area contributed by atoms with Gasteiger partial charge in [0.15, 0.2) is 0 Å². The van der Waals surface area contributed by atoms with Gasteiger partial charge in [0.05, 0.1) is 6.54 Å². The fourth-order valence-corrected chi connectivity index (χ4v) is 2.33. The number of benzene rings is 1. The van der Waals surface area contributed by atoms with Crippen molar-refractivity contribution in [2.24, 2.45) is 0 Å². The van der Waals surface area contributed by atoms with Gasteiger partial charge in [0, 0.05) is 18.1 Å². The van der Waals surface area contributed by atoms with E-state index >= 15 is 0 Å². The molecular weight excluding hydrogens is 224 g/mol. The van der Waals surface area contributed by atoms with Crippen LogP contribution in [-0.2, 0) is 17.8 Å². The lowest BCUT2D eigenvalue weighted by Gasteiger charge is -2.29. The molecular formula is C12H15ClN2O. The summed E-state index contributed by atoms with van der Waals surface area (Å²) in [5.41, 5.74) is 2.36. The summed E-state index contributed by atoms with van der Waals surface area (Å²) in [4.78, 5) is 13.6. The van der Waals surface area contributed by atoms with Crippen LogP contribution in [0.3, 0.4) is 0 Å². The zero-order chi connectivity index (χ0) is 11.5. The number of nitrogens with zero attached hydrogens (tertiary/aromatic N) is 1. The summed E-state index contributed by atoms with van der Waals surface area (Å²) in [7, 11) is 1.78. The topological polar surface area (TPSA) is 32.3 Å². The zero-order valence-electron chi connectivity index (χ0n) is 9.29. The first-order valence-electron chi connectivity index (χ1n) is 5.41. The molecule has 1 aliphatic rings. The van der Waals surface area contributed by atoms with E-state index in [0.717, 1.165) is 18.0 Å². The predicted octanol–water partition coefficient (Wildman–Crippen LogP) is 1.44. The van der Waals surface area contributed by atoms with Crippen molar-refractivity contribution < 1.29 is 4.79 Å². The second kappa shape index (κ2) is 4.85. The molecule has 2 rings (SSSR count). The van der Waals surface area contributed by atoms with Crippen LogP contribution in [0.25, 0.3) is 0 Å². The molecule has 1 N–H and O–H groups in total. The van der Waals surface area contributed by atoms with E-state index in [2.05, 4.69) is 5.32 Å². The Labute approximate surface area is 100 Å². The Morgan fingerprint density at radius 2 is 2.38 bits per heavy atom. The van der Waals surface area contributed by atoms with Crippen molar-refractivity contribution in [3.8, 4) is 0 Å². The number of carbonyl (C=O) groups is 1. The van der Waals surface area contributed by atoms with Crippen LogP contribution in [0, 0.1) is 0 Å². The van der Waals surface area contributed by atoms with Crippen molar-refractivity contribution in [2.45, 2.75) is 13.0 Å². The van der Waals surface area contributed by atoms with E-state index in [1.165, 1.54) is 11.1 Å². The third-order valence-electron chi connectivity index (χ3n) is 2.89. The molecule has 0 aromatic heterocycles. The van der Waals surface area contributed by atoms with Gasteiger partial charge >= 0.3 is 0 Å². The van der Waals surface area contributed by atoms with Gasteiger partial charge < -0.3 is 10.2 Å². The van der Waals surface area contributed by atoms with Gasteiger partial charge in [0.2, 0.25) is 5.91 Å². The number of nitrogens with one attached hydrogen (secondary N) is 1. The van der Waals surface area contributed by atoms with Crippen LogP contribution in [-0.4, -0.2) is 30.9 Å². The van der Waals surface area contributed by atoms with Gasteiger partial charge in [0.1, 0.15) is 0 Å². The molecule has 0 unspecified atom stereocenters. The van der Waals surface area contributed by atoms with Crippen molar-refractivity contribution in [2.75, 3.05) is 20.1 Å². The number of rotatable bonds is 2. The monoisotopic (exact) mass is 238 g/mol. The minimum Gasteiger partial charge on any atom is -0.337 e. The molecule has 1 heterocycles. The molecule has 0 bridgehead atoms. The number of fused-ring (bicyclic) bond motifs is 1. The fourth-order valence-electron chi connectivity index (χ4n) is 2.04. The van der Waals surface area contributed by atoms with Crippen LogP contribution in [0.4, 0.5) is 0 Å². The minimum absolute atomic E-state index is 0.146. The van der Waals surface area contributed by atoms with Crippen LogP contribution in [0.15, 0.2) is 18.2 Å². The highest BCUT2D eigenvalue weighted by Crippen LogP contribution is 2.25. The summed E-state index contributed by atoms with van der Waals surface area (Å²) in [6, 6.07) is 5.89. The predicted molar refractivity (Wildman–Crippen MR) is 64.5 cm³/mol. The van der Waals surface area contributed by atoms with Crippen molar-refractivity contribution in [1.29, 1.82) is 0 Å². The Morgan fingerprint density at radius 1 is 1.56 bits per heavy atom. The second-order valence-corrected chi connectivity index (χ2v) is 4.38. The third kappa shape index (κ3) is 2.20. The molecule has 0 radical (unpaired) electrons. The quantitative estimate of drug-likeness (QED) is 0.846. The molecule has 86 valence electrons. The molecule has 0 aliphatic carbocycles. The van der Waals surface area contributed by atoms with E-state index in [9.17, 15) is 4.79 Å². The Kier molecular flexibility index (Phi) is 3.46. The van der Waals surface area contributed by atoms with E-state index in [0.29, 0.717) is 13.1 Å². The van der Waals surface area contributed by atoms with Gasteiger partial charge in [-0.1, -0.05) is 23.7 Å². The first-order valence-corrected chi connectivity index (χ1v) is 5.79. The first kappa shape index (κ1) is 11.4. The highest BCUT2D eigenvalue weighted by molar-refractivity contribution is 6.31. The van der Waals surface area contributed by atoms with Crippen LogP contribution >= 0.6 is 11.6 Å². The Bertz CT molecular complexity index is 406. The summed E-state index contributed by atoms with van der Waals surface area (Å²) < 4.78 is 0. The maximum absolute atomic E-state index is 11.7. The summed E-state index contributed by atoms with van der Waals surface area (Å²) >= 11 is 6.11. The minimum atomic E-state index is 0.146. The number of hydrogen-bond acceptors (Lipinski definition) is 2. The van der Waals surface area contributed by atoms with Gasteiger partial charge in [-0.3, -0.25) is 4.79 Å². The third-order valence-corrected chi connectivity index (χ3v) is 3.24. The highest BCUT2D eigenvalue weighted by Gasteiger charge is 2.21. The van der Waals surface area contributed by atoms with Crippen LogP contribution in [0.2, 0.25) is 5.02 Å². The molecule has 0 spiro atoms. The Balaban J connectivity index is 2.15. The smallest absolute Gasteiger partial charge is 0.236 e. The summed E-state index contributed by atoms with van der Waals surface area (Å²) in [6.45, 7) is 1.84. The molecule has 1 aromatic rings. The zero-order valence-corrected chi connectivity index (χ0v) is 10.0. The van der Waals surface area contributed by atoms with Gasteiger partial charge in [0.25, 0.3) is 0 Å². The molecule has 4 heteroatoms. The average Bonchev–Trinajstić information content (AvgIpc) is 2.29. The summed E-state index contributed by atoms with van der Waals surface area (Å²) in [6.07, 6.45) is 0.852. The maximum Gasteiger partial charge on any atom is 0.236 e. The second-order valence-electron chi connectivity index (χ2n) is 3.97. The van der Waals surface area contributed by atoms with E-state index in [1.54, 1.807) is 7.05 Å². The highest BCUT2D eigenvalue weighted by atomic mass is 35.5. The van der Waals surface area contributed by atoms with E-state index in [4.69, 9.17) is 11.6 Å². The molecule has 0 saturated heterocycles. The maximum atomic E-state index is 11.7. The average molecular weight is 239 g/mol. The summed E-state index contributed by atoms with van der Waals surface area (Å²) in [5.74, 6) is 0.146. The first-order chi connectivity index (χ1) is 7.72. The van der Waals surface area contributed by atoms with Gasteiger partial charge in [-0.05, 0) is 30.7 Å². The van der Waals surface area contributed by atoms with Gasteiger partial charge in [-0.15, -0.1) is 0 Å². The lowest BCUT2D eigenvalue weighted by atomic mass is 10.00. The normalized spacial score (nSPS) is 14.8.